The molecule has 0 aromatic rings. The van der Waals surface area contributed by atoms with Gasteiger partial charge in [-0.3, -0.25) is 0 Å². The Labute approximate surface area is 89.2 Å². The number of allylic oxidation sites excluding steroid dienone is 2. The van der Waals surface area contributed by atoms with Gasteiger partial charge in [0.15, 0.2) is 0 Å². The Bertz CT molecular complexity index is 155. The van der Waals surface area contributed by atoms with E-state index >= 15 is 0 Å². The lowest BCUT2D eigenvalue weighted by molar-refractivity contribution is 0.403. The predicted octanol–water partition coefficient (Wildman–Crippen LogP) is 4.98. The molecule has 0 aromatic heterocycles. The first kappa shape index (κ1) is 13.5. The monoisotopic (exact) mass is 198 g/mol. The van der Waals surface area contributed by atoms with Gasteiger partial charge < -0.3 is 5.11 Å². The molecule has 0 spiro atoms. The van der Waals surface area contributed by atoms with Crippen LogP contribution in [-0.4, -0.2) is 5.11 Å². The number of rotatable bonds is 8. The Morgan fingerprint density at radius 2 is 1.36 bits per heavy atom. The van der Waals surface area contributed by atoms with Gasteiger partial charge in [-0.15, -0.1) is 0 Å². The van der Waals surface area contributed by atoms with Crippen LogP contribution in [0.3, 0.4) is 0 Å². The van der Waals surface area contributed by atoms with Gasteiger partial charge in [0.1, 0.15) is 0 Å². The second kappa shape index (κ2) is 9.11. The van der Waals surface area contributed by atoms with Crippen molar-refractivity contribution in [3.63, 3.8) is 0 Å². The topological polar surface area (TPSA) is 20.2 Å². The van der Waals surface area contributed by atoms with E-state index in [0.29, 0.717) is 5.76 Å². The first-order chi connectivity index (χ1) is 6.68. The number of aliphatic hydroxyl groups excluding tert-OH is 1. The summed E-state index contributed by atoms with van der Waals surface area (Å²) >= 11 is 0. The Morgan fingerprint density at radius 3 is 1.86 bits per heavy atom. The van der Waals surface area contributed by atoms with Crippen molar-refractivity contribution in [1.29, 1.82) is 0 Å². The summed E-state index contributed by atoms with van der Waals surface area (Å²) in [5.74, 6) is 0.510. The molecule has 0 aliphatic rings. The minimum Gasteiger partial charge on any atom is -0.513 e. The largest absolute Gasteiger partial charge is 0.513 e. The van der Waals surface area contributed by atoms with Crippen LogP contribution >= 0.6 is 0 Å². The van der Waals surface area contributed by atoms with Crippen LogP contribution in [0.1, 0.15) is 72.1 Å². The van der Waals surface area contributed by atoms with Crippen LogP contribution in [0.15, 0.2) is 11.3 Å². The second-order valence-electron chi connectivity index (χ2n) is 4.24. The Hall–Kier alpha value is -0.460. The van der Waals surface area contributed by atoms with Crippen LogP contribution in [0.25, 0.3) is 0 Å². The van der Waals surface area contributed by atoms with Crippen molar-refractivity contribution in [3.8, 4) is 0 Å². The number of hydrogen-bond donors (Lipinski definition) is 1. The van der Waals surface area contributed by atoms with Crippen molar-refractivity contribution in [1.82, 2.24) is 0 Å². The maximum Gasteiger partial charge on any atom is 0.0880 e. The molecule has 0 aliphatic heterocycles. The molecule has 0 aliphatic carbocycles. The number of unbranched alkanes of at least 4 members (excludes halogenated alkanes) is 6. The average molecular weight is 198 g/mol. The fraction of sp³-hybridized carbons (Fsp3) is 0.846. The summed E-state index contributed by atoms with van der Waals surface area (Å²) in [6.07, 6.45) is 10.5. The van der Waals surface area contributed by atoms with Crippen LogP contribution in [0.2, 0.25) is 0 Å². The molecular weight excluding hydrogens is 172 g/mol. The van der Waals surface area contributed by atoms with Gasteiger partial charge in [-0.25, -0.2) is 0 Å². The van der Waals surface area contributed by atoms with E-state index in [1.165, 1.54) is 44.9 Å². The molecule has 0 saturated heterocycles. The average Bonchev–Trinajstić information content (AvgIpc) is 2.16. The van der Waals surface area contributed by atoms with Crippen LogP contribution in [0.5, 0.6) is 0 Å². The zero-order chi connectivity index (χ0) is 10.8. The van der Waals surface area contributed by atoms with Crippen molar-refractivity contribution < 1.29 is 5.11 Å². The molecular formula is C13H26O. The molecule has 0 bridgehead atoms. The molecule has 1 nitrogen and oxygen atoms in total. The molecule has 0 fully saturated rings. The number of aliphatic hydroxyl groups is 1. The SMILES string of the molecule is CCCCCCCCCC(C)=C(C)O. The Balaban J connectivity index is 3.18. The molecule has 14 heavy (non-hydrogen) atoms. The van der Waals surface area contributed by atoms with E-state index in [-0.39, 0.29) is 0 Å². The van der Waals surface area contributed by atoms with E-state index in [2.05, 4.69) is 6.92 Å². The minimum absolute atomic E-state index is 0.510. The van der Waals surface area contributed by atoms with Gasteiger partial charge in [-0.05, 0) is 32.3 Å². The zero-order valence-corrected chi connectivity index (χ0v) is 10.1. The molecule has 0 atom stereocenters. The van der Waals surface area contributed by atoms with Gasteiger partial charge in [0.25, 0.3) is 0 Å². The predicted molar refractivity (Wildman–Crippen MR) is 63.6 cm³/mol. The maximum atomic E-state index is 9.17. The van der Waals surface area contributed by atoms with Crippen LogP contribution < -0.4 is 0 Å². The molecule has 0 radical (unpaired) electrons. The summed E-state index contributed by atoms with van der Waals surface area (Å²) < 4.78 is 0. The van der Waals surface area contributed by atoms with Gasteiger partial charge in [0.05, 0.1) is 5.76 Å². The summed E-state index contributed by atoms with van der Waals surface area (Å²) in [5.41, 5.74) is 1.15. The lowest BCUT2D eigenvalue weighted by atomic mass is 10.1. The minimum atomic E-state index is 0.510. The Kier molecular flexibility index (Phi) is 8.81. The zero-order valence-electron chi connectivity index (χ0n) is 10.1. The second-order valence-corrected chi connectivity index (χ2v) is 4.24. The van der Waals surface area contributed by atoms with Crippen LogP contribution in [0, 0.1) is 0 Å². The van der Waals surface area contributed by atoms with Crippen molar-refractivity contribution in [2.24, 2.45) is 0 Å². The van der Waals surface area contributed by atoms with Crippen LogP contribution in [-0.2, 0) is 0 Å². The molecule has 0 saturated carbocycles. The van der Waals surface area contributed by atoms with Crippen LogP contribution in [0.4, 0.5) is 0 Å². The highest BCUT2D eigenvalue weighted by Crippen LogP contribution is 2.13. The molecule has 0 rings (SSSR count). The van der Waals surface area contributed by atoms with Crippen molar-refractivity contribution >= 4 is 0 Å². The van der Waals surface area contributed by atoms with E-state index in [1.54, 1.807) is 6.92 Å². The van der Waals surface area contributed by atoms with Gasteiger partial charge in [-0.1, -0.05) is 45.4 Å². The highest BCUT2D eigenvalue weighted by molar-refractivity contribution is 5.01. The molecule has 0 heterocycles. The summed E-state index contributed by atoms with van der Waals surface area (Å²) in [7, 11) is 0. The van der Waals surface area contributed by atoms with E-state index in [1.807, 2.05) is 6.92 Å². The van der Waals surface area contributed by atoms with Gasteiger partial charge in [0, 0.05) is 0 Å². The smallest absolute Gasteiger partial charge is 0.0880 e. The Morgan fingerprint density at radius 1 is 0.857 bits per heavy atom. The molecule has 84 valence electrons. The van der Waals surface area contributed by atoms with Crippen molar-refractivity contribution in [3.05, 3.63) is 11.3 Å². The summed E-state index contributed by atoms with van der Waals surface area (Å²) in [6.45, 7) is 6.04. The van der Waals surface area contributed by atoms with E-state index in [0.717, 1.165) is 12.0 Å². The summed E-state index contributed by atoms with van der Waals surface area (Å²) in [6, 6.07) is 0. The highest BCUT2D eigenvalue weighted by Gasteiger charge is 1.95. The summed E-state index contributed by atoms with van der Waals surface area (Å²) in [4.78, 5) is 0. The first-order valence-electron chi connectivity index (χ1n) is 6.03. The third-order valence-electron chi connectivity index (χ3n) is 2.77. The fourth-order valence-corrected chi connectivity index (χ4v) is 1.53. The lowest BCUT2D eigenvalue weighted by Gasteiger charge is -2.03. The lowest BCUT2D eigenvalue weighted by Crippen LogP contribution is -1.85. The van der Waals surface area contributed by atoms with Crippen molar-refractivity contribution in [2.45, 2.75) is 72.1 Å². The molecule has 0 unspecified atom stereocenters. The normalized spacial score (nSPS) is 12.8. The molecule has 0 aromatic carbocycles. The van der Waals surface area contributed by atoms with Crippen molar-refractivity contribution in [2.75, 3.05) is 0 Å². The molecule has 1 heteroatoms. The summed E-state index contributed by atoms with van der Waals surface area (Å²) in [5, 5.41) is 9.17. The quantitative estimate of drug-likeness (QED) is 0.431. The van der Waals surface area contributed by atoms with Gasteiger partial charge in [-0.2, -0.15) is 0 Å². The molecule has 0 amide bonds. The van der Waals surface area contributed by atoms with E-state index < -0.39 is 0 Å². The highest BCUT2D eigenvalue weighted by atomic mass is 16.3. The first-order valence-corrected chi connectivity index (χ1v) is 6.03. The third-order valence-corrected chi connectivity index (χ3v) is 2.77. The fourth-order valence-electron chi connectivity index (χ4n) is 1.53. The standard InChI is InChI=1S/C13H26O/c1-4-5-6-7-8-9-10-11-12(2)13(3)14/h14H,4-11H2,1-3H3. The molecule has 1 N–H and O–H groups in total. The third kappa shape index (κ3) is 8.15. The van der Waals surface area contributed by atoms with E-state index in [4.69, 9.17) is 0 Å². The van der Waals surface area contributed by atoms with Gasteiger partial charge >= 0.3 is 0 Å². The maximum absolute atomic E-state index is 9.17. The van der Waals surface area contributed by atoms with Gasteiger partial charge in [0.2, 0.25) is 0 Å². The van der Waals surface area contributed by atoms with E-state index in [9.17, 15) is 5.11 Å². The number of hydrogen-bond acceptors (Lipinski definition) is 1.